The zero-order valence-electron chi connectivity index (χ0n) is 8.95. The molecule has 1 heterocycles. The van der Waals surface area contributed by atoms with Crippen molar-refractivity contribution in [2.24, 2.45) is 0 Å². The van der Waals surface area contributed by atoms with Gasteiger partial charge in [0.1, 0.15) is 5.69 Å². The van der Waals surface area contributed by atoms with Crippen molar-refractivity contribution >= 4 is 17.3 Å². The number of anilines is 1. The van der Waals surface area contributed by atoms with Gasteiger partial charge in [-0.15, -0.1) is 0 Å². The zero-order chi connectivity index (χ0) is 12.4. The van der Waals surface area contributed by atoms with Gasteiger partial charge in [0.05, 0.1) is 6.20 Å². The van der Waals surface area contributed by atoms with Gasteiger partial charge in [-0.1, -0.05) is 6.07 Å². The molecule has 0 spiro atoms. The van der Waals surface area contributed by atoms with Crippen LogP contribution in [0, 0.1) is 12.7 Å². The first-order valence-electron chi connectivity index (χ1n) is 4.78. The van der Waals surface area contributed by atoms with Gasteiger partial charge in [-0.25, -0.2) is 9.37 Å². The van der Waals surface area contributed by atoms with Crippen molar-refractivity contribution in [3.63, 3.8) is 0 Å². The third kappa shape index (κ3) is 2.62. The Kier molecular flexibility index (Phi) is 3.10. The molecule has 0 bridgehead atoms. The van der Waals surface area contributed by atoms with Gasteiger partial charge in [0.25, 0.3) is 0 Å². The molecule has 0 radical (unpaired) electrons. The summed E-state index contributed by atoms with van der Waals surface area (Å²) in [5.41, 5.74) is 6.65. The molecule has 2 N–H and O–H groups in total. The van der Waals surface area contributed by atoms with Crippen molar-refractivity contribution in [2.75, 3.05) is 5.73 Å². The Hall–Kier alpha value is -1.88. The lowest BCUT2D eigenvalue weighted by atomic mass is 10.2. The molecule has 2 aromatic rings. The van der Waals surface area contributed by atoms with Gasteiger partial charge >= 0.3 is 0 Å². The molecular weight excluding hydrogens is 245 g/mol. The van der Waals surface area contributed by atoms with E-state index >= 15 is 0 Å². The Morgan fingerprint density at radius 3 is 2.94 bits per heavy atom. The number of aryl methyl sites for hydroxylation is 1. The number of benzene rings is 1. The van der Waals surface area contributed by atoms with Crippen LogP contribution in [0.3, 0.4) is 0 Å². The number of hydrogen-bond donors (Lipinski definition) is 1. The summed E-state index contributed by atoms with van der Waals surface area (Å²) in [5, 5.41) is -0.0118. The molecule has 88 valence electrons. The van der Waals surface area contributed by atoms with E-state index in [1.165, 1.54) is 12.3 Å². The third-order valence-electron chi connectivity index (χ3n) is 2.04. The largest absolute Gasteiger partial charge is 0.434 e. The van der Waals surface area contributed by atoms with Crippen LogP contribution in [0.4, 0.5) is 10.1 Å². The number of nitrogen functional groups attached to an aromatic ring is 1. The summed E-state index contributed by atoms with van der Waals surface area (Å²) in [4.78, 5) is 7.46. The number of aromatic nitrogens is 2. The smallest absolute Gasteiger partial charge is 0.247 e. The summed E-state index contributed by atoms with van der Waals surface area (Å²) in [6.45, 7) is 1.82. The molecule has 0 aliphatic carbocycles. The Labute approximate surface area is 102 Å². The van der Waals surface area contributed by atoms with Crippen LogP contribution in [0.15, 0.2) is 24.4 Å². The first-order valence-corrected chi connectivity index (χ1v) is 5.16. The molecule has 0 saturated heterocycles. The second kappa shape index (κ2) is 4.55. The fourth-order valence-corrected chi connectivity index (χ4v) is 1.36. The molecule has 1 aromatic heterocycles. The lowest BCUT2D eigenvalue weighted by Crippen LogP contribution is -1.98. The lowest BCUT2D eigenvalue weighted by molar-refractivity contribution is 0.428. The third-order valence-corrected chi connectivity index (χ3v) is 2.23. The van der Waals surface area contributed by atoms with Gasteiger partial charge in [-0.3, -0.25) is 0 Å². The van der Waals surface area contributed by atoms with E-state index in [4.69, 9.17) is 22.1 Å². The van der Waals surface area contributed by atoms with E-state index in [0.29, 0.717) is 0 Å². The van der Waals surface area contributed by atoms with Crippen molar-refractivity contribution in [1.82, 2.24) is 9.97 Å². The standard InChI is InChI=1S/C11H9ClFN3O/c1-6-2-3-7(13)9(4-6)17-10-8(14)5-15-11(12)16-10/h2-5H,14H2,1H3. The molecular formula is C11H9ClFN3O. The number of hydrogen-bond acceptors (Lipinski definition) is 4. The van der Waals surface area contributed by atoms with Crippen molar-refractivity contribution in [1.29, 1.82) is 0 Å². The van der Waals surface area contributed by atoms with Crippen LogP contribution in [0.2, 0.25) is 5.28 Å². The van der Waals surface area contributed by atoms with E-state index in [1.807, 2.05) is 6.92 Å². The van der Waals surface area contributed by atoms with Crippen LogP contribution in [-0.2, 0) is 0 Å². The SMILES string of the molecule is Cc1ccc(F)c(Oc2nc(Cl)ncc2N)c1. The Morgan fingerprint density at radius 2 is 2.18 bits per heavy atom. The normalized spacial score (nSPS) is 10.3. The molecule has 0 aliphatic heterocycles. The number of nitrogens with two attached hydrogens (primary N) is 1. The predicted octanol–water partition coefficient (Wildman–Crippen LogP) is 2.95. The van der Waals surface area contributed by atoms with Crippen LogP contribution >= 0.6 is 11.6 Å². The minimum Gasteiger partial charge on any atom is -0.434 e. The van der Waals surface area contributed by atoms with E-state index in [9.17, 15) is 4.39 Å². The Balaban J connectivity index is 2.37. The monoisotopic (exact) mass is 253 g/mol. The maximum Gasteiger partial charge on any atom is 0.247 e. The predicted molar refractivity (Wildman–Crippen MR) is 62.7 cm³/mol. The first kappa shape index (κ1) is 11.6. The van der Waals surface area contributed by atoms with Gasteiger partial charge in [-0.2, -0.15) is 4.98 Å². The molecule has 4 nitrogen and oxygen atoms in total. The quantitative estimate of drug-likeness (QED) is 0.836. The van der Waals surface area contributed by atoms with Crippen molar-refractivity contribution < 1.29 is 9.13 Å². The van der Waals surface area contributed by atoms with Crippen molar-refractivity contribution in [2.45, 2.75) is 6.92 Å². The van der Waals surface area contributed by atoms with Gasteiger partial charge in [0.2, 0.25) is 11.2 Å². The van der Waals surface area contributed by atoms with Gasteiger partial charge in [0.15, 0.2) is 11.6 Å². The maximum absolute atomic E-state index is 13.4. The highest BCUT2D eigenvalue weighted by molar-refractivity contribution is 6.28. The van der Waals surface area contributed by atoms with Crippen molar-refractivity contribution in [3.8, 4) is 11.6 Å². The van der Waals surface area contributed by atoms with Gasteiger partial charge in [0, 0.05) is 0 Å². The second-order valence-corrected chi connectivity index (χ2v) is 3.77. The summed E-state index contributed by atoms with van der Waals surface area (Å²) in [6, 6.07) is 4.49. The molecule has 0 unspecified atom stereocenters. The van der Waals surface area contributed by atoms with Crippen molar-refractivity contribution in [3.05, 3.63) is 41.1 Å². The molecule has 0 amide bonds. The summed E-state index contributed by atoms with van der Waals surface area (Å²) in [5.74, 6) is -0.411. The highest BCUT2D eigenvalue weighted by Crippen LogP contribution is 2.28. The average molecular weight is 254 g/mol. The fourth-order valence-electron chi connectivity index (χ4n) is 1.23. The number of halogens is 2. The highest BCUT2D eigenvalue weighted by Gasteiger charge is 2.09. The summed E-state index contributed by atoms with van der Waals surface area (Å²) >= 11 is 5.60. The van der Waals surface area contributed by atoms with Crippen LogP contribution < -0.4 is 10.5 Å². The minimum atomic E-state index is -0.496. The molecule has 0 fully saturated rings. The molecule has 0 aliphatic rings. The lowest BCUT2D eigenvalue weighted by Gasteiger charge is -2.08. The average Bonchev–Trinajstić information content (AvgIpc) is 2.28. The second-order valence-electron chi connectivity index (χ2n) is 3.44. The minimum absolute atomic E-state index is 0.0118. The molecule has 2 rings (SSSR count). The van der Waals surface area contributed by atoms with Crippen LogP contribution in [0.5, 0.6) is 11.6 Å². The molecule has 0 saturated carbocycles. The maximum atomic E-state index is 13.4. The van der Waals surface area contributed by atoms with Gasteiger partial charge < -0.3 is 10.5 Å². The Morgan fingerprint density at radius 1 is 1.41 bits per heavy atom. The summed E-state index contributed by atoms with van der Waals surface area (Å²) < 4.78 is 18.7. The zero-order valence-corrected chi connectivity index (χ0v) is 9.70. The Bertz CT molecular complexity index is 513. The topological polar surface area (TPSA) is 61.0 Å². The van der Waals surface area contributed by atoms with Crippen LogP contribution in [-0.4, -0.2) is 9.97 Å². The first-order chi connectivity index (χ1) is 8.06. The molecule has 1 aromatic carbocycles. The van der Waals surface area contributed by atoms with Crippen LogP contribution in [0.25, 0.3) is 0 Å². The van der Waals surface area contributed by atoms with E-state index in [-0.39, 0.29) is 22.6 Å². The number of nitrogens with zero attached hydrogens (tertiary/aromatic N) is 2. The molecule has 6 heteroatoms. The molecule has 0 atom stereocenters. The van der Waals surface area contributed by atoms with E-state index in [1.54, 1.807) is 12.1 Å². The molecule has 17 heavy (non-hydrogen) atoms. The summed E-state index contributed by atoms with van der Waals surface area (Å²) in [6.07, 6.45) is 1.30. The highest BCUT2D eigenvalue weighted by atomic mass is 35.5. The number of ether oxygens (including phenoxy) is 1. The van der Waals surface area contributed by atoms with Crippen LogP contribution in [0.1, 0.15) is 5.56 Å². The van der Waals surface area contributed by atoms with E-state index in [2.05, 4.69) is 9.97 Å². The van der Waals surface area contributed by atoms with E-state index < -0.39 is 5.82 Å². The number of rotatable bonds is 2. The van der Waals surface area contributed by atoms with E-state index in [0.717, 1.165) is 5.56 Å². The fraction of sp³-hybridized carbons (Fsp3) is 0.0909. The summed E-state index contributed by atoms with van der Waals surface area (Å²) in [7, 11) is 0. The van der Waals surface area contributed by atoms with Gasteiger partial charge in [-0.05, 0) is 36.2 Å².